The predicted molar refractivity (Wildman–Crippen MR) is 79.5 cm³/mol. The maximum absolute atomic E-state index is 13.4. The van der Waals surface area contributed by atoms with Gasteiger partial charge in [-0.25, -0.2) is 18.7 Å². The van der Waals surface area contributed by atoms with E-state index in [1.807, 2.05) is 0 Å². The van der Waals surface area contributed by atoms with Crippen molar-refractivity contribution in [3.05, 3.63) is 41.6 Å². The molecule has 0 saturated carbocycles. The summed E-state index contributed by atoms with van der Waals surface area (Å²) in [7, 11) is 0. The van der Waals surface area contributed by atoms with E-state index in [1.165, 1.54) is 24.0 Å². The van der Waals surface area contributed by atoms with Crippen LogP contribution in [0.1, 0.15) is 12.5 Å². The Morgan fingerprint density at radius 3 is 2.73 bits per heavy atom. The quantitative estimate of drug-likeness (QED) is 0.480. The number of halogens is 2. The van der Waals surface area contributed by atoms with Crippen LogP contribution in [-0.2, 0) is 16.0 Å². The van der Waals surface area contributed by atoms with Crippen molar-refractivity contribution in [2.45, 2.75) is 18.5 Å². The van der Waals surface area contributed by atoms with E-state index in [0.29, 0.717) is 22.0 Å². The molecule has 0 amide bonds. The number of thioether (sulfide) groups is 1. The lowest BCUT2D eigenvalue weighted by atomic mass is 10.0. The molecule has 1 aromatic carbocycles. The molecular weight excluding hydrogens is 310 g/mol. The lowest BCUT2D eigenvalue weighted by molar-refractivity contribution is -0.142. The van der Waals surface area contributed by atoms with E-state index in [2.05, 4.69) is 9.97 Å². The Labute approximate surface area is 130 Å². The van der Waals surface area contributed by atoms with E-state index in [9.17, 15) is 13.6 Å². The zero-order valence-electron chi connectivity index (χ0n) is 12.1. The van der Waals surface area contributed by atoms with Gasteiger partial charge in [0.2, 0.25) is 0 Å². The first-order valence-corrected chi connectivity index (χ1v) is 7.78. The van der Waals surface area contributed by atoms with Gasteiger partial charge in [0.25, 0.3) is 0 Å². The predicted octanol–water partition coefficient (Wildman–Crippen LogP) is 3.25. The molecule has 0 bridgehead atoms. The summed E-state index contributed by atoms with van der Waals surface area (Å²) < 4.78 is 31.4. The molecule has 0 saturated heterocycles. The van der Waals surface area contributed by atoms with Crippen molar-refractivity contribution in [3.63, 3.8) is 0 Å². The topological polar surface area (TPSA) is 52.1 Å². The highest BCUT2D eigenvalue weighted by Crippen LogP contribution is 2.25. The number of rotatable bonds is 5. The van der Waals surface area contributed by atoms with Gasteiger partial charge in [-0.2, -0.15) is 0 Å². The number of hydrogen-bond donors (Lipinski definition) is 0. The minimum absolute atomic E-state index is 0.0309. The van der Waals surface area contributed by atoms with Crippen LogP contribution in [0.25, 0.3) is 11.3 Å². The third kappa shape index (κ3) is 3.79. The monoisotopic (exact) mass is 324 g/mol. The lowest BCUT2D eigenvalue weighted by Gasteiger charge is -2.10. The van der Waals surface area contributed by atoms with Crippen molar-refractivity contribution in [2.24, 2.45) is 0 Å². The molecular formula is C15H14F2N2O2S. The maximum atomic E-state index is 13.4. The normalized spacial score (nSPS) is 10.5. The standard InChI is InChI=1S/C15H14F2N2O2S/c1-3-21-13(20)7-10-8-18-15(22-2)19-14(10)9-4-5-11(16)12(17)6-9/h4-6,8H,3,7H2,1-2H3. The van der Waals surface area contributed by atoms with Crippen molar-refractivity contribution >= 4 is 17.7 Å². The summed E-state index contributed by atoms with van der Waals surface area (Å²) in [5.74, 6) is -2.33. The first kappa shape index (κ1) is 16.4. The van der Waals surface area contributed by atoms with Crippen LogP contribution in [0.15, 0.2) is 29.6 Å². The Morgan fingerprint density at radius 1 is 1.32 bits per heavy atom. The highest BCUT2D eigenvalue weighted by atomic mass is 32.2. The minimum Gasteiger partial charge on any atom is -0.466 e. The third-order valence-electron chi connectivity index (χ3n) is 2.86. The Morgan fingerprint density at radius 2 is 2.09 bits per heavy atom. The van der Waals surface area contributed by atoms with Gasteiger partial charge >= 0.3 is 5.97 Å². The number of hydrogen-bond acceptors (Lipinski definition) is 5. The summed E-state index contributed by atoms with van der Waals surface area (Å²) in [6.45, 7) is 1.98. The molecule has 1 aromatic heterocycles. The number of aromatic nitrogens is 2. The SMILES string of the molecule is CCOC(=O)Cc1cnc(SC)nc1-c1ccc(F)c(F)c1. The van der Waals surface area contributed by atoms with Crippen LogP contribution in [-0.4, -0.2) is 28.8 Å². The highest BCUT2D eigenvalue weighted by molar-refractivity contribution is 7.98. The largest absolute Gasteiger partial charge is 0.466 e. The zero-order valence-corrected chi connectivity index (χ0v) is 12.9. The Balaban J connectivity index is 2.46. The van der Waals surface area contributed by atoms with Gasteiger partial charge in [-0.3, -0.25) is 4.79 Å². The van der Waals surface area contributed by atoms with Gasteiger partial charge in [0, 0.05) is 17.3 Å². The Kier molecular flexibility index (Phi) is 5.43. The molecule has 4 nitrogen and oxygen atoms in total. The van der Waals surface area contributed by atoms with Gasteiger partial charge in [0.15, 0.2) is 16.8 Å². The molecule has 0 aliphatic heterocycles. The van der Waals surface area contributed by atoms with Crippen molar-refractivity contribution in [1.82, 2.24) is 9.97 Å². The van der Waals surface area contributed by atoms with E-state index in [1.54, 1.807) is 13.2 Å². The highest BCUT2D eigenvalue weighted by Gasteiger charge is 2.15. The summed E-state index contributed by atoms with van der Waals surface area (Å²) in [6, 6.07) is 3.50. The fourth-order valence-electron chi connectivity index (χ4n) is 1.88. The van der Waals surface area contributed by atoms with Gasteiger partial charge < -0.3 is 4.74 Å². The number of ether oxygens (including phenoxy) is 1. The van der Waals surface area contributed by atoms with E-state index in [0.717, 1.165) is 12.1 Å². The first-order chi connectivity index (χ1) is 10.5. The minimum atomic E-state index is -0.969. The smallest absolute Gasteiger partial charge is 0.310 e. The first-order valence-electron chi connectivity index (χ1n) is 6.56. The number of carbonyl (C=O) groups is 1. The fourth-order valence-corrected chi connectivity index (χ4v) is 2.22. The summed E-state index contributed by atoms with van der Waals surface area (Å²) in [5.41, 5.74) is 1.28. The summed E-state index contributed by atoms with van der Waals surface area (Å²) >= 11 is 1.32. The molecule has 0 atom stereocenters. The molecule has 0 aliphatic carbocycles. The molecule has 0 fully saturated rings. The number of benzene rings is 1. The van der Waals surface area contributed by atoms with Crippen LogP contribution in [0.5, 0.6) is 0 Å². The molecule has 22 heavy (non-hydrogen) atoms. The van der Waals surface area contributed by atoms with Gasteiger partial charge in [-0.05, 0) is 31.4 Å². The van der Waals surface area contributed by atoms with Crippen LogP contribution < -0.4 is 0 Å². The van der Waals surface area contributed by atoms with Crippen molar-refractivity contribution in [3.8, 4) is 11.3 Å². The van der Waals surface area contributed by atoms with Gasteiger partial charge in [-0.1, -0.05) is 11.8 Å². The molecule has 0 N–H and O–H groups in total. The van der Waals surface area contributed by atoms with Crippen molar-refractivity contribution in [1.29, 1.82) is 0 Å². The average molecular weight is 324 g/mol. The van der Waals surface area contributed by atoms with Gasteiger partial charge in [0.1, 0.15) is 0 Å². The van der Waals surface area contributed by atoms with E-state index in [4.69, 9.17) is 4.74 Å². The Bertz CT molecular complexity index is 695. The van der Waals surface area contributed by atoms with E-state index >= 15 is 0 Å². The Hall–Kier alpha value is -2.02. The van der Waals surface area contributed by atoms with Crippen LogP contribution in [0.3, 0.4) is 0 Å². The molecule has 0 spiro atoms. The average Bonchev–Trinajstić information content (AvgIpc) is 2.51. The van der Waals surface area contributed by atoms with E-state index < -0.39 is 17.6 Å². The lowest BCUT2D eigenvalue weighted by Crippen LogP contribution is -2.10. The van der Waals surface area contributed by atoms with E-state index in [-0.39, 0.29) is 13.0 Å². The summed E-state index contributed by atoms with van der Waals surface area (Å²) in [6.07, 6.45) is 3.28. The molecule has 7 heteroatoms. The number of nitrogens with zero attached hydrogens (tertiary/aromatic N) is 2. The molecule has 0 aliphatic rings. The summed E-state index contributed by atoms with van der Waals surface area (Å²) in [5, 5.41) is 0.479. The van der Waals surface area contributed by atoms with Crippen LogP contribution >= 0.6 is 11.8 Å². The van der Waals surface area contributed by atoms with Gasteiger partial charge in [-0.15, -0.1) is 0 Å². The molecule has 0 radical (unpaired) electrons. The molecule has 0 unspecified atom stereocenters. The second-order valence-corrected chi connectivity index (χ2v) is 5.11. The van der Waals surface area contributed by atoms with Crippen LogP contribution in [0.4, 0.5) is 8.78 Å². The van der Waals surface area contributed by atoms with Crippen molar-refractivity contribution in [2.75, 3.05) is 12.9 Å². The maximum Gasteiger partial charge on any atom is 0.310 e. The molecule has 2 rings (SSSR count). The zero-order chi connectivity index (χ0) is 16.1. The van der Waals surface area contributed by atoms with Gasteiger partial charge in [0.05, 0.1) is 18.7 Å². The molecule has 1 heterocycles. The second kappa shape index (κ2) is 7.31. The van der Waals surface area contributed by atoms with Crippen LogP contribution in [0.2, 0.25) is 0 Å². The van der Waals surface area contributed by atoms with Crippen LogP contribution in [0, 0.1) is 11.6 Å². The molecule has 2 aromatic rings. The second-order valence-electron chi connectivity index (χ2n) is 4.34. The van der Waals surface area contributed by atoms with Crippen molar-refractivity contribution < 1.29 is 18.3 Å². The number of esters is 1. The summed E-state index contributed by atoms with van der Waals surface area (Å²) in [4.78, 5) is 20.1. The molecule has 116 valence electrons. The fraction of sp³-hybridized carbons (Fsp3) is 0.267. The third-order valence-corrected chi connectivity index (χ3v) is 3.42. The number of carbonyl (C=O) groups excluding carboxylic acids is 1.